The molecule has 2 N–H and O–H groups in total. The fourth-order valence-corrected chi connectivity index (χ4v) is 1.49. The van der Waals surface area contributed by atoms with Crippen molar-refractivity contribution in [3.63, 3.8) is 0 Å². The molecule has 0 saturated heterocycles. The molecule has 0 bridgehead atoms. The van der Waals surface area contributed by atoms with E-state index in [-0.39, 0.29) is 16.8 Å². The first-order chi connectivity index (χ1) is 10.5. The maximum atomic E-state index is 11.4. The lowest BCUT2D eigenvalue weighted by molar-refractivity contribution is 0.0600. The molecule has 0 atom stereocenters. The van der Waals surface area contributed by atoms with Gasteiger partial charge >= 0.3 is 11.9 Å². The van der Waals surface area contributed by atoms with E-state index in [1.165, 1.54) is 24.3 Å². The third-order valence-corrected chi connectivity index (χ3v) is 2.52. The first-order valence-electron chi connectivity index (χ1n) is 5.65. The van der Waals surface area contributed by atoms with Crippen molar-refractivity contribution in [2.24, 2.45) is 0 Å². The number of ether oxygens (including phenoxy) is 1. The summed E-state index contributed by atoms with van der Waals surface area (Å²) in [5.41, 5.74) is -1.23. The van der Waals surface area contributed by atoms with E-state index in [0.717, 1.165) is 13.2 Å². The molecule has 0 spiro atoms. The molecule has 108 valence electrons. The lowest BCUT2D eigenvalue weighted by atomic mass is 10.1. The molecule has 8 heteroatoms. The monoisotopic (exact) mass is 296 g/mol. The molecule has 0 aliphatic heterocycles. The predicted molar refractivity (Wildman–Crippen MR) is 72.2 cm³/mol. The van der Waals surface area contributed by atoms with Crippen LogP contribution in [0.25, 0.3) is 0 Å². The molecule has 0 unspecified atom stereocenters. The van der Waals surface area contributed by atoms with Crippen molar-refractivity contribution in [2.75, 3.05) is 12.4 Å². The second-order valence-electron chi connectivity index (χ2n) is 3.77. The number of nitrogens with zero attached hydrogens (tertiary/aromatic N) is 3. The first kappa shape index (κ1) is 16.2. The van der Waals surface area contributed by atoms with Crippen LogP contribution < -0.4 is 5.32 Å². The Balaban J connectivity index is 3.39. The molecular formula is C14H8N4O4. The number of benzene rings is 1. The minimum atomic E-state index is -1.36. The molecule has 0 aliphatic carbocycles. The average molecular weight is 296 g/mol. The zero-order valence-corrected chi connectivity index (χ0v) is 11.2. The van der Waals surface area contributed by atoms with E-state index in [2.05, 4.69) is 10.1 Å². The number of aromatic carboxylic acids is 1. The third kappa shape index (κ3) is 3.38. The summed E-state index contributed by atoms with van der Waals surface area (Å²) in [5, 5.41) is 38.0. The summed E-state index contributed by atoms with van der Waals surface area (Å²) in [6.07, 6.45) is 0. The van der Waals surface area contributed by atoms with Crippen molar-refractivity contribution in [1.29, 1.82) is 15.8 Å². The normalized spacial score (nSPS) is 8.64. The Kier molecular flexibility index (Phi) is 5.23. The maximum Gasteiger partial charge on any atom is 0.337 e. The van der Waals surface area contributed by atoms with Gasteiger partial charge in [0.05, 0.1) is 23.9 Å². The summed E-state index contributed by atoms with van der Waals surface area (Å²) < 4.78 is 4.49. The van der Waals surface area contributed by atoms with Gasteiger partial charge in [0.1, 0.15) is 23.9 Å². The lowest BCUT2D eigenvalue weighted by Gasteiger charge is -2.09. The SMILES string of the molecule is COC(=O)c1ccc(NC(C#N)=C(C#N)C#N)c(C(=O)O)c1. The van der Waals surface area contributed by atoms with Crippen molar-refractivity contribution < 1.29 is 19.4 Å². The van der Waals surface area contributed by atoms with Gasteiger partial charge in [0.2, 0.25) is 0 Å². The highest BCUT2D eigenvalue weighted by Gasteiger charge is 2.16. The molecule has 1 aromatic rings. The van der Waals surface area contributed by atoms with Gasteiger partial charge in [0.15, 0.2) is 5.57 Å². The number of carboxylic acid groups (broad SMARTS) is 1. The topological polar surface area (TPSA) is 147 Å². The molecule has 0 heterocycles. The van der Waals surface area contributed by atoms with Crippen LogP contribution in [0.1, 0.15) is 20.7 Å². The molecule has 1 rings (SSSR count). The second kappa shape index (κ2) is 7.09. The van der Waals surface area contributed by atoms with Crippen molar-refractivity contribution in [3.8, 4) is 18.2 Å². The number of allylic oxidation sites excluding steroid dienone is 2. The Labute approximate surface area is 125 Å². The molecule has 8 nitrogen and oxygen atoms in total. The highest BCUT2D eigenvalue weighted by Crippen LogP contribution is 2.21. The third-order valence-electron chi connectivity index (χ3n) is 2.52. The molecule has 0 radical (unpaired) electrons. The first-order valence-corrected chi connectivity index (χ1v) is 5.65. The molecule has 0 aliphatic rings. The zero-order chi connectivity index (χ0) is 16.7. The van der Waals surface area contributed by atoms with Crippen molar-refractivity contribution >= 4 is 17.6 Å². The van der Waals surface area contributed by atoms with Crippen LogP contribution in [0.4, 0.5) is 5.69 Å². The van der Waals surface area contributed by atoms with Gasteiger partial charge in [0, 0.05) is 0 Å². The Morgan fingerprint density at radius 1 is 1.18 bits per heavy atom. The molecule has 0 fully saturated rings. The van der Waals surface area contributed by atoms with Gasteiger partial charge in [-0.15, -0.1) is 0 Å². The van der Waals surface area contributed by atoms with Crippen LogP contribution in [0.15, 0.2) is 29.5 Å². The van der Waals surface area contributed by atoms with Crippen LogP contribution in [0.2, 0.25) is 0 Å². The fraction of sp³-hybridized carbons (Fsp3) is 0.0714. The quantitative estimate of drug-likeness (QED) is 0.626. The zero-order valence-electron chi connectivity index (χ0n) is 11.2. The van der Waals surface area contributed by atoms with Crippen molar-refractivity contribution in [3.05, 3.63) is 40.6 Å². The number of carbonyl (C=O) groups excluding carboxylic acids is 1. The average Bonchev–Trinajstić information content (AvgIpc) is 2.54. The number of hydrogen-bond donors (Lipinski definition) is 2. The molecule has 0 aromatic heterocycles. The number of esters is 1. The number of carbonyl (C=O) groups is 2. The van der Waals surface area contributed by atoms with Gasteiger partial charge in [-0.2, -0.15) is 15.8 Å². The Morgan fingerprint density at radius 2 is 1.82 bits per heavy atom. The van der Waals surface area contributed by atoms with Gasteiger partial charge in [0.25, 0.3) is 0 Å². The largest absolute Gasteiger partial charge is 0.478 e. The maximum absolute atomic E-state index is 11.4. The van der Waals surface area contributed by atoms with E-state index in [0.29, 0.717) is 0 Å². The molecule has 22 heavy (non-hydrogen) atoms. The highest BCUT2D eigenvalue weighted by molar-refractivity contribution is 5.99. The summed E-state index contributed by atoms with van der Waals surface area (Å²) >= 11 is 0. The van der Waals surface area contributed by atoms with Gasteiger partial charge in [-0.25, -0.2) is 9.59 Å². The highest BCUT2D eigenvalue weighted by atomic mass is 16.5. The van der Waals surface area contributed by atoms with Crippen LogP contribution >= 0.6 is 0 Å². The van der Waals surface area contributed by atoms with E-state index >= 15 is 0 Å². The fourth-order valence-electron chi connectivity index (χ4n) is 1.49. The van der Waals surface area contributed by atoms with Crippen LogP contribution in [0.5, 0.6) is 0 Å². The van der Waals surface area contributed by atoms with E-state index in [4.69, 9.17) is 20.9 Å². The van der Waals surface area contributed by atoms with Gasteiger partial charge in [-0.1, -0.05) is 0 Å². The predicted octanol–water partition coefficient (Wildman–Crippen LogP) is 1.41. The number of hydrogen-bond acceptors (Lipinski definition) is 7. The van der Waals surface area contributed by atoms with Gasteiger partial charge in [-0.05, 0) is 18.2 Å². The van der Waals surface area contributed by atoms with E-state index in [9.17, 15) is 9.59 Å². The Morgan fingerprint density at radius 3 is 2.27 bits per heavy atom. The summed E-state index contributed by atoms with van der Waals surface area (Å²) in [6, 6.07) is 8.23. The Hall–Kier alpha value is -3.83. The summed E-state index contributed by atoms with van der Waals surface area (Å²) in [7, 11) is 1.15. The number of nitrogens with one attached hydrogen (secondary N) is 1. The summed E-state index contributed by atoms with van der Waals surface area (Å²) in [6.45, 7) is 0. The second-order valence-corrected chi connectivity index (χ2v) is 3.77. The van der Waals surface area contributed by atoms with E-state index < -0.39 is 23.2 Å². The van der Waals surface area contributed by atoms with Crippen LogP contribution in [0, 0.1) is 34.0 Å². The van der Waals surface area contributed by atoms with E-state index in [1.807, 2.05) is 0 Å². The number of methoxy groups -OCH3 is 1. The molecule has 0 amide bonds. The summed E-state index contributed by atoms with van der Waals surface area (Å²) in [4.78, 5) is 22.6. The number of nitriles is 3. The minimum Gasteiger partial charge on any atom is -0.478 e. The van der Waals surface area contributed by atoms with Crippen molar-refractivity contribution in [2.45, 2.75) is 0 Å². The number of rotatable bonds is 4. The van der Waals surface area contributed by atoms with E-state index in [1.54, 1.807) is 6.07 Å². The molecule has 1 aromatic carbocycles. The minimum absolute atomic E-state index is 0.00808. The van der Waals surface area contributed by atoms with Gasteiger partial charge < -0.3 is 15.2 Å². The smallest absolute Gasteiger partial charge is 0.337 e. The standard InChI is InChI=1S/C14H8N4O4/c1-22-14(21)8-2-3-11(10(4-8)13(19)20)18-12(7-17)9(5-15)6-16/h2-4,18H,1H3,(H,19,20). The van der Waals surface area contributed by atoms with Crippen LogP contribution in [-0.4, -0.2) is 24.2 Å². The number of carboxylic acids is 1. The van der Waals surface area contributed by atoms with Crippen LogP contribution in [0.3, 0.4) is 0 Å². The lowest BCUT2D eigenvalue weighted by Crippen LogP contribution is -2.10. The van der Waals surface area contributed by atoms with Crippen molar-refractivity contribution in [1.82, 2.24) is 0 Å². The van der Waals surface area contributed by atoms with Gasteiger partial charge in [-0.3, -0.25) is 0 Å². The number of anilines is 1. The molecular weight excluding hydrogens is 288 g/mol. The Bertz CT molecular complexity index is 775. The van der Waals surface area contributed by atoms with Crippen LogP contribution in [-0.2, 0) is 4.74 Å². The molecule has 0 saturated carbocycles. The summed E-state index contributed by atoms with van der Waals surface area (Å²) in [5.74, 6) is -2.08.